The highest BCUT2D eigenvalue weighted by Crippen LogP contribution is 2.09. The predicted molar refractivity (Wildman–Crippen MR) is 43.5 cm³/mol. The first-order valence-corrected chi connectivity index (χ1v) is 3.73. The monoisotopic (exact) mass is 163 g/mol. The van der Waals surface area contributed by atoms with Crippen molar-refractivity contribution in [2.75, 3.05) is 0 Å². The van der Waals surface area contributed by atoms with Crippen LogP contribution in [-0.4, -0.2) is 17.4 Å². The minimum atomic E-state index is -0.612. The topological polar surface area (TPSA) is 52.3 Å². The van der Waals surface area contributed by atoms with E-state index in [2.05, 4.69) is 9.24 Å². The molecule has 0 fully saturated rings. The molecule has 60 valence electrons. The Bertz CT molecular complexity index is 128. The maximum Gasteiger partial charge on any atom is 0.327 e. The van der Waals surface area contributed by atoms with E-state index in [0.717, 1.165) is 0 Å². The zero-order valence-electron chi connectivity index (χ0n) is 6.55. The Morgan fingerprint density at radius 1 is 1.60 bits per heavy atom. The fourth-order valence-corrected chi connectivity index (χ4v) is 0.438. The van der Waals surface area contributed by atoms with Gasteiger partial charge in [-0.25, -0.2) is 4.79 Å². The molecule has 0 spiro atoms. The third-order valence-corrected chi connectivity index (χ3v) is 0.951. The van der Waals surface area contributed by atoms with E-state index in [0.29, 0.717) is 0 Å². The summed E-state index contributed by atoms with van der Waals surface area (Å²) in [6.07, 6.45) is 0. The van der Waals surface area contributed by atoms with Crippen molar-refractivity contribution in [3.05, 3.63) is 0 Å². The number of esters is 1. The highest BCUT2D eigenvalue weighted by Gasteiger charge is 2.18. The van der Waals surface area contributed by atoms with E-state index in [1.54, 1.807) is 20.8 Å². The minimum Gasteiger partial charge on any atom is -0.459 e. The fraction of sp³-hybridized carbons (Fsp3) is 0.833. The zero-order valence-corrected chi connectivity index (χ0v) is 7.70. The van der Waals surface area contributed by atoms with Crippen LogP contribution in [0.25, 0.3) is 0 Å². The van der Waals surface area contributed by atoms with E-state index in [9.17, 15) is 4.79 Å². The quantitative estimate of drug-likeness (QED) is 0.452. The van der Waals surface area contributed by atoms with E-state index in [4.69, 9.17) is 10.5 Å². The van der Waals surface area contributed by atoms with Crippen LogP contribution in [0.5, 0.6) is 0 Å². The molecule has 0 aliphatic rings. The van der Waals surface area contributed by atoms with Gasteiger partial charge in [0.15, 0.2) is 0 Å². The van der Waals surface area contributed by atoms with Crippen molar-refractivity contribution in [3.63, 3.8) is 0 Å². The molecule has 2 N–H and O–H groups in total. The van der Waals surface area contributed by atoms with E-state index in [1.807, 2.05) is 0 Å². The number of carbonyl (C=O) groups excluding carboxylic acids is 1. The molecule has 4 heteroatoms. The molecule has 1 unspecified atom stereocenters. The summed E-state index contributed by atoms with van der Waals surface area (Å²) < 4.78 is 4.91. The average molecular weight is 163 g/mol. The Morgan fingerprint density at radius 3 is 2.10 bits per heavy atom. The van der Waals surface area contributed by atoms with Crippen molar-refractivity contribution in [2.45, 2.75) is 32.2 Å². The van der Waals surface area contributed by atoms with E-state index >= 15 is 0 Å². The van der Waals surface area contributed by atoms with Crippen LogP contribution in [0.1, 0.15) is 20.8 Å². The summed E-state index contributed by atoms with van der Waals surface area (Å²) in [6, 6.07) is 0. The highest BCUT2D eigenvalue weighted by atomic mass is 31.0. The van der Waals surface area contributed by atoms with Crippen molar-refractivity contribution in [1.82, 2.24) is 0 Å². The lowest BCUT2D eigenvalue weighted by Crippen LogP contribution is -2.33. The first kappa shape index (κ1) is 9.86. The molecule has 0 aromatic carbocycles. The van der Waals surface area contributed by atoms with Crippen molar-refractivity contribution in [2.24, 2.45) is 5.73 Å². The molecule has 0 radical (unpaired) electrons. The Kier molecular flexibility index (Phi) is 3.26. The van der Waals surface area contributed by atoms with Gasteiger partial charge < -0.3 is 10.5 Å². The molecule has 2 atom stereocenters. The molecular weight excluding hydrogens is 149 g/mol. The van der Waals surface area contributed by atoms with Crippen LogP contribution in [-0.2, 0) is 9.53 Å². The van der Waals surface area contributed by atoms with Crippen LogP contribution >= 0.6 is 9.24 Å². The second-order valence-electron chi connectivity index (χ2n) is 3.06. The minimum absolute atomic E-state index is 0.391. The lowest BCUT2D eigenvalue weighted by Gasteiger charge is -2.20. The summed E-state index contributed by atoms with van der Waals surface area (Å²) in [4.78, 5) is 10.8. The van der Waals surface area contributed by atoms with Crippen molar-refractivity contribution in [3.8, 4) is 0 Å². The van der Waals surface area contributed by atoms with Gasteiger partial charge in [-0.3, -0.25) is 0 Å². The smallest absolute Gasteiger partial charge is 0.327 e. The van der Waals surface area contributed by atoms with Crippen LogP contribution in [0.15, 0.2) is 0 Å². The van der Waals surface area contributed by atoms with Gasteiger partial charge in [0, 0.05) is 0 Å². The predicted octanol–water partition coefficient (Wildman–Crippen LogP) is 0.488. The van der Waals surface area contributed by atoms with Gasteiger partial charge in [0.2, 0.25) is 0 Å². The fourth-order valence-electron chi connectivity index (χ4n) is 0.370. The second-order valence-corrected chi connectivity index (χ2v) is 3.78. The third-order valence-electron chi connectivity index (χ3n) is 0.679. The maximum atomic E-state index is 10.8. The Labute approximate surface area is 63.5 Å². The lowest BCUT2D eigenvalue weighted by molar-refractivity contribution is -0.154. The second kappa shape index (κ2) is 3.31. The number of hydrogen-bond donors (Lipinski definition) is 1. The molecule has 0 saturated carbocycles. The molecule has 0 bridgehead atoms. The molecule has 0 aromatic rings. The molecule has 0 heterocycles. The SMILES string of the molecule is CC(C)(C)OC(=O)[C@@H](N)P. The summed E-state index contributed by atoms with van der Waals surface area (Å²) in [6.45, 7) is 5.41. The molecular formula is C6H14NO2P. The largest absolute Gasteiger partial charge is 0.459 e. The summed E-state index contributed by atoms with van der Waals surface area (Å²) >= 11 is 0. The molecule has 0 aliphatic heterocycles. The summed E-state index contributed by atoms with van der Waals surface area (Å²) in [5.74, 6) is -1.00. The van der Waals surface area contributed by atoms with Crippen molar-refractivity contribution >= 4 is 15.2 Å². The Hall–Kier alpha value is -0.140. The normalized spacial score (nSPS) is 14.5. The van der Waals surface area contributed by atoms with E-state index in [1.165, 1.54) is 0 Å². The van der Waals surface area contributed by atoms with Crippen LogP contribution in [0.3, 0.4) is 0 Å². The molecule has 0 aliphatic carbocycles. The molecule has 10 heavy (non-hydrogen) atoms. The van der Waals surface area contributed by atoms with Gasteiger partial charge in [-0.05, 0) is 20.8 Å². The third kappa shape index (κ3) is 4.71. The number of carbonyl (C=O) groups is 1. The molecule has 3 nitrogen and oxygen atoms in total. The number of rotatable bonds is 1. The van der Waals surface area contributed by atoms with Crippen LogP contribution < -0.4 is 5.73 Å². The molecule has 0 saturated heterocycles. The van der Waals surface area contributed by atoms with Crippen LogP contribution in [0, 0.1) is 0 Å². The van der Waals surface area contributed by atoms with Crippen molar-refractivity contribution < 1.29 is 9.53 Å². The van der Waals surface area contributed by atoms with Crippen LogP contribution in [0.2, 0.25) is 0 Å². The first-order valence-electron chi connectivity index (χ1n) is 3.07. The number of hydrogen-bond acceptors (Lipinski definition) is 3. The Balaban J connectivity index is 3.81. The number of ether oxygens (including phenoxy) is 1. The lowest BCUT2D eigenvalue weighted by atomic mass is 10.2. The van der Waals surface area contributed by atoms with Crippen molar-refractivity contribution in [1.29, 1.82) is 0 Å². The van der Waals surface area contributed by atoms with Gasteiger partial charge in [0.05, 0.1) is 0 Å². The van der Waals surface area contributed by atoms with Gasteiger partial charge in [-0.1, -0.05) is 0 Å². The van der Waals surface area contributed by atoms with Gasteiger partial charge in [0.1, 0.15) is 11.4 Å². The summed E-state index contributed by atoms with van der Waals surface area (Å²) in [5, 5.41) is 0. The molecule has 0 rings (SSSR count). The summed E-state index contributed by atoms with van der Waals surface area (Å²) in [5.41, 5.74) is 4.79. The molecule has 0 aromatic heterocycles. The standard InChI is InChI=1S/C6H14NO2P/c1-6(2,3)9-5(8)4(7)10/h4H,7,10H2,1-3H3/t4-/m0/s1. The number of nitrogens with two attached hydrogens (primary N) is 1. The average Bonchev–Trinajstić information content (AvgIpc) is 1.60. The van der Waals surface area contributed by atoms with Gasteiger partial charge in [0.25, 0.3) is 0 Å². The highest BCUT2D eigenvalue weighted by molar-refractivity contribution is 7.19. The van der Waals surface area contributed by atoms with E-state index in [-0.39, 0.29) is 0 Å². The first-order chi connectivity index (χ1) is 4.33. The van der Waals surface area contributed by atoms with Gasteiger partial charge >= 0.3 is 5.97 Å². The Morgan fingerprint density at radius 2 is 2.00 bits per heavy atom. The maximum absolute atomic E-state index is 10.8. The zero-order chi connectivity index (χ0) is 8.36. The van der Waals surface area contributed by atoms with Gasteiger partial charge in [-0.2, -0.15) is 0 Å². The van der Waals surface area contributed by atoms with Gasteiger partial charge in [-0.15, -0.1) is 9.24 Å². The van der Waals surface area contributed by atoms with E-state index < -0.39 is 17.4 Å². The summed E-state index contributed by atoms with van der Waals surface area (Å²) in [7, 11) is 2.18. The molecule has 0 amide bonds. The van der Waals surface area contributed by atoms with Crippen LogP contribution in [0.4, 0.5) is 0 Å².